The van der Waals surface area contributed by atoms with Crippen molar-refractivity contribution in [1.82, 2.24) is 0 Å². The lowest BCUT2D eigenvalue weighted by atomic mass is 9.88. The first kappa shape index (κ1) is 11.8. The van der Waals surface area contributed by atoms with E-state index in [1.807, 2.05) is 31.2 Å². The molecule has 3 heteroatoms. The van der Waals surface area contributed by atoms with E-state index >= 15 is 0 Å². The molecule has 17 heavy (non-hydrogen) atoms. The molecule has 1 saturated carbocycles. The summed E-state index contributed by atoms with van der Waals surface area (Å²) in [6.07, 6.45) is 2.48. The van der Waals surface area contributed by atoms with Crippen LogP contribution < -0.4 is 5.43 Å². The Labute approximate surface area is 102 Å². The molecule has 1 N–H and O–H groups in total. The fraction of sp³-hybridized carbons (Fsp3) is 0.429. The Morgan fingerprint density at radius 3 is 2.65 bits per heavy atom. The largest absolute Gasteiger partial charge is 0.293 e. The van der Waals surface area contributed by atoms with Crippen LogP contribution in [0.15, 0.2) is 29.4 Å². The van der Waals surface area contributed by atoms with Gasteiger partial charge in [0.05, 0.1) is 5.69 Å². The van der Waals surface area contributed by atoms with Gasteiger partial charge in [-0.15, -0.1) is 0 Å². The summed E-state index contributed by atoms with van der Waals surface area (Å²) >= 11 is 0. The van der Waals surface area contributed by atoms with Gasteiger partial charge in [-0.05, 0) is 37.8 Å². The monoisotopic (exact) mass is 230 g/mol. The maximum Gasteiger partial charge on any atom is 0.179 e. The Hall–Kier alpha value is -1.64. The van der Waals surface area contributed by atoms with Crippen molar-refractivity contribution >= 4 is 17.2 Å². The van der Waals surface area contributed by atoms with E-state index in [4.69, 9.17) is 0 Å². The number of carbonyl (C=O) groups excluding carboxylic acids is 1. The van der Waals surface area contributed by atoms with Crippen molar-refractivity contribution in [2.24, 2.45) is 11.0 Å². The summed E-state index contributed by atoms with van der Waals surface area (Å²) in [5.74, 6) is 0.684. The predicted molar refractivity (Wildman–Crippen MR) is 70.3 cm³/mol. The van der Waals surface area contributed by atoms with E-state index in [1.165, 1.54) is 5.56 Å². The summed E-state index contributed by atoms with van der Waals surface area (Å²) < 4.78 is 0. The quantitative estimate of drug-likeness (QED) is 0.793. The van der Waals surface area contributed by atoms with Crippen LogP contribution >= 0.6 is 0 Å². The smallest absolute Gasteiger partial charge is 0.179 e. The second kappa shape index (κ2) is 5.13. The van der Waals surface area contributed by atoms with E-state index in [9.17, 15) is 4.79 Å². The molecule has 0 heterocycles. The highest BCUT2D eigenvalue weighted by molar-refractivity contribution is 6.40. The topological polar surface area (TPSA) is 41.5 Å². The Balaban J connectivity index is 2.00. The Kier molecular flexibility index (Phi) is 3.57. The van der Waals surface area contributed by atoms with E-state index in [1.54, 1.807) is 0 Å². The summed E-state index contributed by atoms with van der Waals surface area (Å²) in [6.45, 7) is 4.16. The molecule has 1 atom stereocenters. The molecular formula is C14H18N2O. The van der Waals surface area contributed by atoms with Crippen LogP contribution in [0, 0.1) is 12.8 Å². The third kappa shape index (κ3) is 3.16. The molecule has 0 aromatic heterocycles. The summed E-state index contributed by atoms with van der Waals surface area (Å²) in [5, 5.41) is 4.22. The van der Waals surface area contributed by atoms with Crippen LogP contribution in [0.3, 0.4) is 0 Å². The third-order valence-electron chi connectivity index (χ3n) is 3.10. The first-order valence-electron chi connectivity index (χ1n) is 6.07. The molecule has 3 nitrogen and oxygen atoms in total. The molecule has 1 unspecified atom stereocenters. The van der Waals surface area contributed by atoms with Gasteiger partial charge in [0.25, 0.3) is 0 Å². The molecule has 1 aliphatic rings. The summed E-state index contributed by atoms with van der Waals surface area (Å²) in [6, 6.07) is 7.98. The van der Waals surface area contributed by atoms with Crippen LogP contribution in [0.1, 0.15) is 31.7 Å². The van der Waals surface area contributed by atoms with Crippen LogP contribution in [-0.4, -0.2) is 11.5 Å². The lowest BCUT2D eigenvalue weighted by molar-refractivity contribution is -0.114. The standard InChI is InChI=1S/C14H18N2O/c1-10-3-6-12(7-4-10)15-16-13-8-5-11(2)9-14(13)17/h3-4,6-7,11,15H,5,8-9H2,1-2H3. The molecule has 0 radical (unpaired) electrons. The molecule has 0 saturated heterocycles. The van der Waals surface area contributed by atoms with Crippen molar-refractivity contribution in [1.29, 1.82) is 0 Å². The first-order chi connectivity index (χ1) is 8.15. The molecule has 2 rings (SSSR count). The Morgan fingerprint density at radius 2 is 2.00 bits per heavy atom. The third-order valence-corrected chi connectivity index (χ3v) is 3.10. The number of nitrogens with zero attached hydrogens (tertiary/aromatic N) is 1. The molecule has 0 spiro atoms. The number of benzene rings is 1. The van der Waals surface area contributed by atoms with Gasteiger partial charge in [-0.2, -0.15) is 5.10 Å². The Morgan fingerprint density at radius 1 is 1.29 bits per heavy atom. The molecule has 0 amide bonds. The van der Waals surface area contributed by atoms with E-state index < -0.39 is 0 Å². The molecule has 0 aliphatic heterocycles. The van der Waals surface area contributed by atoms with Gasteiger partial charge in [0.15, 0.2) is 5.78 Å². The van der Waals surface area contributed by atoms with Gasteiger partial charge in [-0.25, -0.2) is 0 Å². The van der Waals surface area contributed by atoms with Gasteiger partial charge in [0.1, 0.15) is 5.71 Å². The van der Waals surface area contributed by atoms with E-state index in [0.717, 1.165) is 18.5 Å². The van der Waals surface area contributed by atoms with Crippen molar-refractivity contribution in [2.75, 3.05) is 5.43 Å². The van der Waals surface area contributed by atoms with Gasteiger partial charge in [0, 0.05) is 6.42 Å². The van der Waals surface area contributed by atoms with Crippen molar-refractivity contribution in [3.63, 3.8) is 0 Å². The van der Waals surface area contributed by atoms with Gasteiger partial charge < -0.3 is 0 Å². The van der Waals surface area contributed by atoms with Crippen LogP contribution in [0.2, 0.25) is 0 Å². The number of hydrazone groups is 1. The van der Waals surface area contributed by atoms with Gasteiger partial charge in [-0.1, -0.05) is 24.6 Å². The highest BCUT2D eigenvalue weighted by atomic mass is 16.1. The van der Waals surface area contributed by atoms with E-state index in [2.05, 4.69) is 17.5 Å². The number of carbonyl (C=O) groups is 1. The number of nitrogens with one attached hydrogen (secondary N) is 1. The summed E-state index contributed by atoms with van der Waals surface area (Å²) in [7, 11) is 0. The Bertz CT molecular complexity index is 434. The van der Waals surface area contributed by atoms with Crippen molar-refractivity contribution < 1.29 is 4.79 Å². The number of anilines is 1. The average molecular weight is 230 g/mol. The minimum absolute atomic E-state index is 0.184. The number of aryl methyl sites for hydroxylation is 1. The normalized spacial score (nSPS) is 22.8. The number of rotatable bonds is 2. The van der Waals surface area contributed by atoms with Gasteiger partial charge in [0.2, 0.25) is 0 Å². The number of hydrogen-bond donors (Lipinski definition) is 1. The molecule has 1 aromatic carbocycles. The highest BCUT2D eigenvalue weighted by Gasteiger charge is 2.21. The second-order valence-corrected chi connectivity index (χ2v) is 4.81. The molecule has 1 fully saturated rings. The molecule has 1 aromatic rings. The van der Waals surface area contributed by atoms with Crippen LogP contribution in [0.5, 0.6) is 0 Å². The van der Waals surface area contributed by atoms with Crippen molar-refractivity contribution in [3.05, 3.63) is 29.8 Å². The maximum atomic E-state index is 11.7. The molecular weight excluding hydrogens is 212 g/mol. The predicted octanol–water partition coefficient (Wildman–Crippen LogP) is 3.15. The minimum atomic E-state index is 0.184. The minimum Gasteiger partial charge on any atom is -0.293 e. The number of hydrogen-bond acceptors (Lipinski definition) is 3. The second-order valence-electron chi connectivity index (χ2n) is 4.81. The number of ketones is 1. The highest BCUT2D eigenvalue weighted by Crippen LogP contribution is 2.19. The fourth-order valence-electron chi connectivity index (χ4n) is 1.94. The van der Waals surface area contributed by atoms with Crippen LogP contribution in [0.4, 0.5) is 5.69 Å². The van der Waals surface area contributed by atoms with Crippen LogP contribution in [-0.2, 0) is 4.79 Å². The maximum absolute atomic E-state index is 11.7. The van der Waals surface area contributed by atoms with Gasteiger partial charge in [-0.3, -0.25) is 10.2 Å². The zero-order chi connectivity index (χ0) is 12.3. The average Bonchev–Trinajstić information content (AvgIpc) is 2.30. The SMILES string of the molecule is Cc1ccc(NN=C2CCC(C)CC2=O)cc1. The molecule has 90 valence electrons. The molecule has 1 aliphatic carbocycles. The number of Topliss-reactive ketones (excluding diaryl/α,β-unsaturated/α-hetero) is 1. The van der Waals surface area contributed by atoms with E-state index in [-0.39, 0.29) is 5.78 Å². The lowest BCUT2D eigenvalue weighted by Crippen LogP contribution is -2.24. The van der Waals surface area contributed by atoms with Crippen LogP contribution in [0.25, 0.3) is 0 Å². The zero-order valence-electron chi connectivity index (χ0n) is 10.4. The van der Waals surface area contributed by atoms with Gasteiger partial charge >= 0.3 is 0 Å². The summed E-state index contributed by atoms with van der Waals surface area (Å²) in [4.78, 5) is 11.7. The fourth-order valence-corrected chi connectivity index (χ4v) is 1.94. The zero-order valence-corrected chi connectivity index (χ0v) is 10.4. The molecule has 0 bridgehead atoms. The lowest BCUT2D eigenvalue weighted by Gasteiger charge is -2.17. The van der Waals surface area contributed by atoms with Crippen molar-refractivity contribution in [3.8, 4) is 0 Å². The summed E-state index contributed by atoms with van der Waals surface area (Å²) in [5.41, 5.74) is 5.78. The van der Waals surface area contributed by atoms with Crippen molar-refractivity contribution in [2.45, 2.75) is 33.1 Å². The van der Waals surface area contributed by atoms with E-state index in [0.29, 0.717) is 18.1 Å². The first-order valence-corrected chi connectivity index (χ1v) is 6.07.